The third-order valence-corrected chi connectivity index (χ3v) is 4.26. The van der Waals surface area contributed by atoms with E-state index in [2.05, 4.69) is 24.4 Å². The van der Waals surface area contributed by atoms with Crippen molar-refractivity contribution in [1.82, 2.24) is 0 Å². The van der Waals surface area contributed by atoms with Crippen molar-refractivity contribution in [2.45, 2.75) is 12.7 Å². The molecule has 21 heavy (non-hydrogen) atoms. The highest BCUT2D eigenvalue weighted by Crippen LogP contribution is 2.23. The Morgan fingerprint density at radius 2 is 2.05 bits per heavy atom. The van der Waals surface area contributed by atoms with Gasteiger partial charge in [-0.25, -0.2) is 0 Å². The molecule has 0 saturated heterocycles. The number of hydrogen-bond acceptors (Lipinski definition) is 3. The highest BCUT2D eigenvalue weighted by atomic mass is 35.5. The molecule has 1 amide bonds. The fraction of sp³-hybridized carbons (Fsp3) is 0.188. The third kappa shape index (κ3) is 4.69. The van der Waals surface area contributed by atoms with Gasteiger partial charge in [0.05, 0.1) is 17.1 Å². The van der Waals surface area contributed by atoms with Crippen molar-refractivity contribution in [3.63, 3.8) is 0 Å². The molecule has 0 radical (unpaired) electrons. The summed E-state index contributed by atoms with van der Waals surface area (Å²) >= 11 is 7.46. The topological polar surface area (TPSA) is 55.1 Å². The molecule has 110 valence electrons. The Hall–Kier alpha value is -1.65. The van der Waals surface area contributed by atoms with Crippen LogP contribution in [-0.4, -0.2) is 11.7 Å². The Morgan fingerprint density at radius 3 is 2.81 bits per heavy atom. The zero-order valence-electron chi connectivity index (χ0n) is 11.7. The van der Waals surface area contributed by atoms with E-state index in [0.717, 1.165) is 5.75 Å². The molecule has 3 N–H and O–H groups in total. The molecule has 0 aliphatic rings. The van der Waals surface area contributed by atoms with Gasteiger partial charge in [-0.2, -0.15) is 0 Å². The molecule has 0 aromatic heterocycles. The number of anilines is 2. The number of rotatable bonds is 5. The normalized spacial score (nSPS) is 10.4. The van der Waals surface area contributed by atoms with E-state index in [1.54, 1.807) is 30.0 Å². The van der Waals surface area contributed by atoms with Crippen LogP contribution in [-0.2, 0) is 10.5 Å². The standard InChI is InChI=1S/C16H17ClN2OS/c1-11-4-2-3-5-12(11)9-21-10-16(20)19-15-8-13(17)6-7-14(15)18/h2-8H,9-10,18H2,1H3,(H,19,20). The van der Waals surface area contributed by atoms with Crippen LogP contribution in [0.2, 0.25) is 5.02 Å². The number of nitrogens with two attached hydrogens (primary N) is 1. The van der Waals surface area contributed by atoms with Crippen LogP contribution < -0.4 is 11.1 Å². The molecule has 0 fully saturated rings. The number of carbonyl (C=O) groups is 1. The molecular weight excluding hydrogens is 304 g/mol. The van der Waals surface area contributed by atoms with Crippen molar-refractivity contribution < 1.29 is 4.79 Å². The van der Waals surface area contributed by atoms with Gasteiger partial charge in [0, 0.05) is 10.8 Å². The van der Waals surface area contributed by atoms with Crippen molar-refractivity contribution in [3.05, 3.63) is 58.6 Å². The average molecular weight is 321 g/mol. The maximum atomic E-state index is 11.9. The molecule has 3 nitrogen and oxygen atoms in total. The minimum Gasteiger partial charge on any atom is -0.397 e. The fourth-order valence-corrected chi connectivity index (χ4v) is 2.92. The Kier molecular flexibility index (Phi) is 5.53. The van der Waals surface area contributed by atoms with Crippen molar-refractivity contribution in [3.8, 4) is 0 Å². The van der Waals surface area contributed by atoms with E-state index in [1.807, 2.05) is 12.1 Å². The van der Waals surface area contributed by atoms with Gasteiger partial charge in [0.15, 0.2) is 0 Å². The molecule has 0 heterocycles. The van der Waals surface area contributed by atoms with Crippen LogP contribution >= 0.6 is 23.4 Å². The first-order valence-electron chi connectivity index (χ1n) is 6.53. The maximum Gasteiger partial charge on any atom is 0.234 e. The van der Waals surface area contributed by atoms with E-state index < -0.39 is 0 Å². The lowest BCUT2D eigenvalue weighted by Crippen LogP contribution is -2.15. The molecule has 0 spiro atoms. The molecule has 0 aliphatic heterocycles. The lowest BCUT2D eigenvalue weighted by Gasteiger charge is -2.09. The van der Waals surface area contributed by atoms with Crippen molar-refractivity contribution in [2.24, 2.45) is 0 Å². The van der Waals surface area contributed by atoms with Gasteiger partial charge in [-0.15, -0.1) is 11.8 Å². The summed E-state index contributed by atoms with van der Waals surface area (Å²) in [4.78, 5) is 11.9. The van der Waals surface area contributed by atoms with Crippen LogP contribution in [0.5, 0.6) is 0 Å². The monoisotopic (exact) mass is 320 g/mol. The van der Waals surface area contributed by atoms with Gasteiger partial charge < -0.3 is 11.1 Å². The van der Waals surface area contributed by atoms with Gasteiger partial charge in [-0.05, 0) is 36.2 Å². The first-order valence-corrected chi connectivity index (χ1v) is 8.06. The van der Waals surface area contributed by atoms with Gasteiger partial charge in [-0.3, -0.25) is 4.79 Å². The molecular formula is C16H17ClN2OS. The van der Waals surface area contributed by atoms with Crippen molar-refractivity contribution in [1.29, 1.82) is 0 Å². The van der Waals surface area contributed by atoms with E-state index in [4.69, 9.17) is 17.3 Å². The lowest BCUT2D eigenvalue weighted by atomic mass is 10.1. The van der Waals surface area contributed by atoms with E-state index in [0.29, 0.717) is 22.2 Å². The highest BCUT2D eigenvalue weighted by molar-refractivity contribution is 7.99. The molecule has 2 aromatic rings. The second-order valence-corrected chi connectivity index (χ2v) is 6.12. The smallest absolute Gasteiger partial charge is 0.234 e. The molecule has 5 heteroatoms. The van der Waals surface area contributed by atoms with E-state index in [9.17, 15) is 4.79 Å². The highest BCUT2D eigenvalue weighted by Gasteiger charge is 2.07. The van der Waals surface area contributed by atoms with Gasteiger partial charge in [0.25, 0.3) is 0 Å². The number of halogens is 1. The Labute approximate surface area is 133 Å². The van der Waals surface area contributed by atoms with Crippen LogP contribution in [0.1, 0.15) is 11.1 Å². The van der Waals surface area contributed by atoms with Crippen LogP contribution in [0.15, 0.2) is 42.5 Å². The Morgan fingerprint density at radius 1 is 1.29 bits per heavy atom. The summed E-state index contributed by atoms with van der Waals surface area (Å²) in [7, 11) is 0. The number of carbonyl (C=O) groups excluding carboxylic acids is 1. The Bertz CT molecular complexity index is 646. The van der Waals surface area contributed by atoms with E-state index >= 15 is 0 Å². The zero-order valence-corrected chi connectivity index (χ0v) is 13.3. The summed E-state index contributed by atoms with van der Waals surface area (Å²) in [5.41, 5.74) is 9.36. The predicted octanol–water partition coefficient (Wildman–Crippen LogP) is 4.10. The molecule has 0 bridgehead atoms. The Balaban J connectivity index is 1.85. The van der Waals surface area contributed by atoms with Gasteiger partial charge in [-0.1, -0.05) is 35.9 Å². The number of nitrogens with one attached hydrogen (secondary N) is 1. The first kappa shape index (κ1) is 15.7. The molecule has 2 aromatic carbocycles. The van der Waals surface area contributed by atoms with Gasteiger partial charge in [0.2, 0.25) is 5.91 Å². The minimum atomic E-state index is -0.0810. The first-order chi connectivity index (χ1) is 10.1. The SMILES string of the molecule is Cc1ccccc1CSCC(=O)Nc1cc(Cl)ccc1N. The van der Waals surface area contributed by atoms with Gasteiger partial charge >= 0.3 is 0 Å². The van der Waals surface area contributed by atoms with Crippen LogP contribution in [0.3, 0.4) is 0 Å². The molecule has 2 rings (SSSR count). The maximum absolute atomic E-state index is 11.9. The number of amides is 1. The quantitative estimate of drug-likeness (QED) is 0.815. The van der Waals surface area contributed by atoms with Gasteiger partial charge in [0.1, 0.15) is 0 Å². The number of thioether (sulfide) groups is 1. The van der Waals surface area contributed by atoms with Crippen molar-refractivity contribution in [2.75, 3.05) is 16.8 Å². The van der Waals surface area contributed by atoms with Crippen LogP contribution in [0.25, 0.3) is 0 Å². The zero-order chi connectivity index (χ0) is 15.2. The summed E-state index contributed by atoms with van der Waals surface area (Å²) in [6.07, 6.45) is 0. The summed E-state index contributed by atoms with van der Waals surface area (Å²) in [6, 6.07) is 13.2. The molecule has 0 saturated carbocycles. The second kappa shape index (κ2) is 7.38. The van der Waals surface area contributed by atoms with Crippen molar-refractivity contribution >= 4 is 40.6 Å². The third-order valence-electron chi connectivity index (χ3n) is 3.04. The number of benzene rings is 2. The molecule has 0 aliphatic carbocycles. The average Bonchev–Trinajstić information content (AvgIpc) is 2.45. The summed E-state index contributed by atoms with van der Waals surface area (Å²) < 4.78 is 0. The summed E-state index contributed by atoms with van der Waals surface area (Å²) in [5.74, 6) is 1.10. The second-order valence-electron chi connectivity index (χ2n) is 4.70. The largest absolute Gasteiger partial charge is 0.397 e. The lowest BCUT2D eigenvalue weighted by molar-refractivity contribution is -0.113. The van der Waals surface area contributed by atoms with E-state index in [1.165, 1.54) is 11.1 Å². The number of aryl methyl sites for hydroxylation is 1. The number of nitrogen functional groups attached to an aromatic ring is 1. The number of hydrogen-bond donors (Lipinski definition) is 2. The summed E-state index contributed by atoms with van der Waals surface area (Å²) in [6.45, 7) is 2.07. The van der Waals surface area contributed by atoms with Crippen LogP contribution in [0, 0.1) is 6.92 Å². The van der Waals surface area contributed by atoms with E-state index in [-0.39, 0.29) is 5.91 Å². The molecule has 0 unspecified atom stereocenters. The van der Waals surface area contributed by atoms with Crippen LogP contribution in [0.4, 0.5) is 11.4 Å². The fourth-order valence-electron chi connectivity index (χ4n) is 1.85. The molecule has 0 atom stereocenters. The predicted molar refractivity (Wildman–Crippen MR) is 91.8 cm³/mol. The summed E-state index contributed by atoms with van der Waals surface area (Å²) in [5, 5.41) is 3.33. The minimum absolute atomic E-state index is 0.0810.